The van der Waals surface area contributed by atoms with Crippen molar-refractivity contribution in [1.29, 1.82) is 0 Å². The van der Waals surface area contributed by atoms with Gasteiger partial charge in [-0.25, -0.2) is 0 Å². The third-order valence-corrected chi connectivity index (χ3v) is 4.36. The van der Waals surface area contributed by atoms with Crippen molar-refractivity contribution < 1.29 is 19.2 Å². The van der Waals surface area contributed by atoms with Gasteiger partial charge in [-0.3, -0.25) is 19.2 Å². The third kappa shape index (κ3) is 2.25. The molecule has 0 spiro atoms. The van der Waals surface area contributed by atoms with E-state index < -0.39 is 11.7 Å². The summed E-state index contributed by atoms with van der Waals surface area (Å²) in [7, 11) is 1.67. The van der Waals surface area contributed by atoms with Gasteiger partial charge < -0.3 is 5.32 Å². The number of anilines is 1. The van der Waals surface area contributed by atoms with Gasteiger partial charge in [0.2, 0.25) is 0 Å². The quantitative estimate of drug-likeness (QED) is 0.668. The number of carbonyl (C=O) groups excluding carboxylic acids is 4. The first kappa shape index (κ1) is 15.1. The topological polar surface area (TPSA) is 80.3 Å². The first-order valence-corrected chi connectivity index (χ1v) is 7.33. The average Bonchev–Trinajstić information content (AvgIpc) is 2.56. The van der Waals surface area contributed by atoms with E-state index in [-0.39, 0.29) is 46.9 Å². The van der Waals surface area contributed by atoms with Crippen LogP contribution in [0.5, 0.6) is 0 Å². The summed E-state index contributed by atoms with van der Waals surface area (Å²) in [5.74, 6) is -2.16. The Morgan fingerprint density at radius 2 is 1.91 bits per heavy atom. The lowest BCUT2D eigenvalue weighted by Crippen LogP contribution is -2.33. The molecular weight excluding hydrogens is 294 g/mol. The molecule has 5 heteroatoms. The summed E-state index contributed by atoms with van der Waals surface area (Å²) in [4.78, 5) is 49.0. The molecule has 1 atom stereocenters. The molecule has 1 unspecified atom stereocenters. The first-order chi connectivity index (χ1) is 11.0. The van der Waals surface area contributed by atoms with Gasteiger partial charge in [-0.1, -0.05) is 18.7 Å². The van der Waals surface area contributed by atoms with Crippen molar-refractivity contribution in [3.05, 3.63) is 53.1 Å². The number of rotatable bonds is 2. The average molecular weight is 309 g/mol. The summed E-state index contributed by atoms with van der Waals surface area (Å²) >= 11 is 0. The largest absolute Gasteiger partial charge is 0.388 e. The SMILES string of the molecule is C=C1C(=O)CCC(C2=CC(=O)c3c(NC)cccc3C2=O)C1=O. The predicted molar refractivity (Wildman–Crippen MR) is 84.6 cm³/mol. The molecule has 1 N–H and O–H groups in total. The molecule has 1 aromatic carbocycles. The predicted octanol–water partition coefficient (Wildman–Crippen LogP) is 2.14. The number of nitrogens with one attached hydrogen (secondary N) is 1. The van der Waals surface area contributed by atoms with Crippen molar-refractivity contribution in [2.24, 2.45) is 5.92 Å². The van der Waals surface area contributed by atoms with Crippen LogP contribution < -0.4 is 5.32 Å². The van der Waals surface area contributed by atoms with Gasteiger partial charge in [0.15, 0.2) is 23.1 Å². The minimum atomic E-state index is -0.761. The molecule has 0 saturated heterocycles. The second-order valence-electron chi connectivity index (χ2n) is 5.63. The number of hydrogen-bond donors (Lipinski definition) is 1. The lowest BCUT2D eigenvalue weighted by molar-refractivity contribution is -0.125. The van der Waals surface area contributed by atoms with E-state index in [4.69, 9.17) is 0 Å². The van der Waals surface area contributed by atoms with E-state index in [0.717, 1.165) is 0 Å². The van der Waals surface area contributed by atoms with Gasteiger partial charge >= 0.3 is 0 Å². The van der Waals surface area contributed by atoms with Gasteiger partial charge in [-0.2, -0.15) is 0 Å². The van der Waals surface area contributed by atoms with Crippen LogP contribution in [0.15, 0.2) is 42.0 Å². The van der Waals surface area contributed by atoms with E-state index in [1.165, 1.54) is 6.08 Å². The zero-order valence-electron chi connectivity index (χ0n) is 12.6. The van der Waals surface area contributed by atoms with Crippen LogP contribution in [0, 0.1) is 5.92 Å². The van der Waals surface area contributed by atoms with E-state index in [9.17, 15) is 19.2 Å². The second kappa shape index (κ2) is 5.43. The third-order valence-electron chi connectivity index (χ3n) is 4.36. The zero-order valence-corrected chi connectivity index (χ0v) is 12.6. The highest BCUT2D eigenvalue weighted by atomic mass is 16.2. The van der Waals surface area contributed by atoms with Gasteiger partial charge in [0.05, 0.1) is 17.1 Å². The van der Waals surface area contributed by atoms with Crippen LogP contribution in [0.4, 0.5) is 5.69 Å². The summed E-state index contributed by atoms with van der Waals surface area (Å²) in [6, 6.07) is 4.98. The Balaban J connectivity index is 2.06. The summed E-state index contributed by atoms with van der Waals surface area (Å²) in [6.07, 6.45) is 1.64. The molecule has 0 bridgehead atoms. The number of Topliss-reactive ketones (excluding diaryl/α,β-unsaturated/α-hetero) is 3. The summed E-state index contributed by atoms with van der Waals surface area (Å²) in [5.41, 5.74) is 1.26. The molecule has 0 amide bonds. The van der Waals surface area contributed by atoms with Gasteiger partial charge in [-0.05, 0) is 18.6 Å². The molecule has 3 rings (SSSR count). The first-order valence-electron chi connectivity index (χ1n) is 7.33. The summed E-state index contributed by atoms with van der Waals surface area (Å²) in [6.45, 7) is 3.50. The lowest BCUT2D eigenvalue weighted by atomic mass is 9.74. The van der Waals surface area contributed by atoms with Crippen molar-refractivity contribution in [3.63, 3.8) is 0 Å². The summed E-state index contributed by atoms with van der Waals surface area (Å²) < 4.78 is 0. The number of ketones is 4. The fraction of sp³-hybridized carbons (Fsp3) is 0.222. The molecule has 0 heterocycles. The highest BCUT2D eigenvalue weighted by molar-refractivity contribution is 6.30. The summed E-state index contributed by atoms with van der Waals surface area (Å²) in [5, 5.41) is 2.89. The van der Waals surface area contributed by atoms with E-state index >= 15 is 0 Å². The van der Waals surface area contributed by atoms with Gasteiger partial charge in [0.25, 0.3) is 0 Å². The maximum absolute atomic E-state index is 12.7. The Kier molecular flexibility index (Phi) is 3.56. The Morgan fingerprint density at radius 3 is 2.61 bits per heavy atom. The maximum Gasteiger partial charge on any atom is 0.190 e. The molecule has 2 aliphatic rings. The monoisotopic (exact) mass is 309 g/mol. The number of fused-ring (bicyclic) bond motifs is 1. The number of carbonyl (C=O) groups is 4. The highest BCUT2D eigenvalue weighted by Gasteiger charge is 2.39. The standard InChI is InChI=1S/C18H15NO4/c1-9-14(20)7-6-10(17(9)22)12-8-15(21)16-11(18(12)23)4-3-5-13(16)19-2/h3-5,8,10,19H,1,6-7H2,2H3. The van der Waals surface area contributed by atoms with E-state index in [0.29, 0.717) is 11.3 Å². The molecule has 0 aliphatic heterocycles. The molecule has 1 fully saturated rings. The Morgan fingerprint density at radius 1 is 1.17 bits per heavy atom. The van der Waals surface area contributed by atoms with Crippen LogP contribution in [0.25, 0.3) is 0 Å². The smallest absolute Gasteiger partial charge is 0.190 e. The van der Waals surface area contributed by atoms with E-state index in [1.54, 1.807) is 25.2 Å². The Bertz CT molecular complexity index is 816. The molecule has 2 aliphatic carbocycles. The van der Waals surface area contributed by atoms with Crippen LogP contribution in [0.1, 0.15) is 33.6 Å². The zero-order chi connectivity index (χ0) is 16.7. The Labute approximate surface area is 133 Å². The molecule has 0 aromatic heterocycles. The lowest BCUT2D eigenvalue weighted by Gasteiger charge is -2.26. The molecule has 116 valence electrons. The minimum Gasteiger partial charge on any atom is -0.388 e. The van der Waals surface area contributed by atoms with Crippen molar-refractivity contribution in [3.8, 4) is 0 Å². The number of benzene rings is 1. The Hall–Kier alpha value is -2.82. The molecule has 1 saturated carbocycles. The highest BCUT2D eigenvalue weighted by Crippen LogP contribution is 2.35. The van der Waals surface area contributed by atoms with Crippen LogP contribution >= 0.6 is 0 Å². The van der Waals surface area contributed by atoms with Crippen molar-refractivity contribution in [2.45, 2.75) is 12.8 Å². The number of allylic oxidation sites excluding steroid dienone is 3. The minimum absolute atomic E-state index is 0.0860. The molecular formula is C18H15NO4. The second-order valence-corrected chi connectivity index (χ2v) is 5.63. The molecule has 1 aromatic rings. The number of hydrogen-bond acceptors (Lipinski definition) is 5. The van der Waals surface area contributed by atoms with Crippen molar-refractivity contribution in [1.82, 2.24) is 0 Å². The maximum atomic E-state index is 12.7. The molecule has 0 radical (unpaired) electrons. The van der Waals surface area contributed by atoms with E-state index in [1.807, 2.05) is 0 Å². The molecule has 5 nitrogen and oxygen atoms in total. The van der Waals surface area contributed by atoms with Crippen LogP contribution in [0.3, 0.4) is 0 Å². The van der Waals surface area contributed by atoms with Gasteiger partial charge in [-0.15, -0.1) is 0 Å². The fourth-order valence-electron chi connectivity index (χ4n) is 3.11. The van der Waals surface area contributed by atoms with Crippen LogP contribution in [-0.2, 0) is 9.59 Å². The van der Waals surface area contributed by atoms with Crippen molar-refractivity contribution in [2.75, 3.05) is 12.4 Å². The normalized spacial score (nSPS) is 21.2. The van der Waals surface area contributed by atoms with Crippen LogP contribution in [0.2, 0.25) is 0 Å². The molecule has 23 heavy (non-hydrogen) atoms. The van der Waals surface area contributed by atoms with Gasteiger partial charge in [0, 0.05) is 30.3 Å². The van der Waals surface area contributed by atoms with E-state index in [2.05, 4.69) is 11.9 Å². The fourth-order valence-corrected chi connectivity index (χ4v) is 3.11. The van der Waals surface area contributed by atoms with Gasteiger partial charge in [0.1, 0.15) is 0 Å². The van der Waals surface area contributed by atoms with Crippen molar-refractivity contribution >= 4 is 28.8 Å². The van der Waals surface area contributed by atoms with Crippen LogP contribution in [-0.4, -0.2) is 30.2 Å².